The van der Waals surface area contributed by atoms with Crippen LogP contribution in [-0.2, 0) is 10.0 Å². The van der Waals surface area contributed by atoms with E-state index in [0.717, 1.165) is 28.4 Å². The first-order valence-electron chi connectivity index (χ1n) is 9.25. The van der Waals surface area contributed by atoms with Crippen LogP contribution in [0, 0.1) is 6.92 Å². The van der Waals surface area contributed by atoms with Crippen molar-refractivity contribution in [3.8, 4) is 0 Å². The summed E-state index contributed by atoms with van der Waals surface area (Å²) in [4.78, 5) is 12.9. The number of hydrogen-bond acceptors (Lipinski definition) is 6. The Morgan fingerprint density at radius 2 is 1.80 bits per heavy atom. The van der Waals surface area contributed by atoms with Gasteiger partial charge in [0.2, 0.25) is 10.0 Å². The molecular formula is C21H20N4O3S2. The Labute approximate surface area is 178 Å². The smallest absolute Gasteiger partial charge is 0.229 e. The highest BCUT2D eigenvalue weighted by Gasteiger charge is 2.20. The summed E-state index contributed by atoms with van der Waals surface area (Å²) in [6.07, 6.45) is 1.08. The lowest BCUT2D eigenvalue weighted by atomic mass is 10.1. The van der Waals surface area contributed by atoms with Gasteiger partial charge in [0.05, 0.1) is 17.0 Å². The standard InChI is InChI=1S/C21H20N4O3S2/c1-13-12-19-22-23-21(25(19)18-7-5-4-6-17(13)18)29-14(2)20(26)15-8-10-16(11-9-15)24-30(3,27)28/h4-12,14,24H,1-3H3. The SMILES string of the molecule is Cc1cc2nnc(SC(C)C(=O)c3ccc(NS(C)(=O)=O)cc3)n2c2ccccc12. The van der Waals surface area contributed by atoms with Gasteiger partial charge in [-0.2, -0.15) is 0 Å². The summed E-state index contributed by atoms with van der Waals surface area (Å²) >= 11 is 1.35. The summed E-state index contributed by atoms with van der Waals surface area (Å²) in [6, 6.07) is 16.4. The number of sulfonamides is 1. The Bertz CT molecular complexity index is 1360. The number of aromatic nitrogens is 3. The molecule has 0 bridgehead atoms. The number of benzene rings is 2. The van der Waals surface area contributed by atoms with Gasteiger partial charge in [0.15, 0.2) is 16.6 Å². The molecule has 4 aromatic rings. The van der Waals surface area contributed by atoms with Gasteiger partial charge in [0.1, 0.15) is 0 Å². The highest BCUT2D eigenvalue weighted by Crippen LogP contribution is 2.29. The number of ketones is 1. The second-order valence-corrected chi connectivity index (χ2v) is 10.2. The van der Waals surface area contributed by atoms with Crippen LogP contribution >= 0.6 is 11.8 Å². The molecule has 2 aromatic heterocycles. The number of pyridine rings is 1. The highest BCUT2D eigenvalue weighted by atomic mass is 32.2. The molecule has 9 heteroatoms. The molecule has 0 radical (unpaired) electrons. The number of anilines is 1. The van der Waals surface area contributed by atoms with Gasteiger partial charge in [-0.15, -0.1) is 10.2 Å². The minimum Gasteiger partial charge on any atom is -0.293 e. The molecule has 2 aromatic carbocycles. The third-order valence-electron chi connectivity index (χ3n) is 4.70. The fourth-order valence-electron chi connectivity index (χ4n) is 3.31. The first kappa shape index (κ1) is 20.4. The van der Waals surface area contributed by atoms with Crippen LogP contribution in [0.25, 0.3) is 16.6 Å². The van der Waals surface area contributed by atoms with Crippen LogP contribution in [0.15, 0.2) is 59.8 Å². The largest absolute Gasteiger partial charge is 0.293 e. The zero-order valence-corrected chi connectivity index (χ0v) is 18.3. The van der Waals surface area contributed by atoms with Gasteiger partial charge in [0.25, 0.3) is 0 Å². The lowest BCUT2D eigenvalue weighted by Gasteiger charge is -2.11. The van der Waals surface area contributed by atoms with Crippen LogP contribution in [0.4, 0.5) is 5.69 Å². The van der Waals surface area contributed by atoms with Gasteiger partial charge < -0.3 is 0 Å². The Kier molecular flexibility index (Phi) is 5.25. The van der Waals surface area contributed by atoms with Gasteiger partial charge >= 0.3 is 0 Å². The highest BCUT2D eigenvalue weighted by molar-refractivity contribution is 8.00. The first-order chi connectivity index (χ1) is 14.2. The summed E-state index contributed by atoms with van der Waals surface area (Å²) in [5.41, 5.74) is 3.78. The average Bonchev–Trinajstić information content (AvgIpc) is 3.09. The minimum absolute atomic E-state index is 0.0703. The van der Waals surface area contributed by atoms with Crippen LogP contribution in [0.5, 0.6) is 0 Å². The third-order valence-corrected chi connectivity index (χ3v) is 6.35. The molecule has 30 heavy (non-hydrogen) atoms. The van der Waals surface area contributed by atoms with Crippen LogP contribution in [0.1, 0.15) is 22.8 Å². The molecule has 0 aliphatic rings. The molecule has 2 heterocycles. The maximum atomic E-state index is 12.9. The molecule has 0 fully saturated rings. The van der Waals surface area contributed by atoms with Crippen molar-refractivity contribution >= 4 is 49.8 Å². The molecule has 1 atom stereocenters. The van der Waals surface area contributed by atoms with E-state index in [1.54, 1.807) is 24.3 Å². The van der Waals surface area contributed by atoms with Crippen LogP contribution < -0.4 is 4.72 Å². The number of para-hydroxylation sites is 1. The summed E-state index contributed by atoms with van der Waals surface area (Å²) in [5.74, 6) is -0.0703. The van der Waals surface area contributed by atoms with Crippen molar-refractivity contribution in [1.82, 2.24) is 14.6 Å². The molecule has 4 rings (SSSR count). The molecule has 0 aliphatic carbocycles. The van der Waals surface area contributed by atoms with Crippen molar-refractivity contribution in [2.75, 3.05) is 11.0 Å². The van der Waals surface area contributed by atoms with Crippen LogP contribution in [0.3, 0.4) is 0 Å². The fourth-order valence-corrected chi connectivity index (χ4v) is 4.82. The molecule has 0 aliphatic heterocycles. The number of hydrogen-bond donors (Lipinski definition) is 1. The van der Waals surface area contributed by atoms with Gasteiger partial charge in [-0.25, -0.2) is 8.42 Å². The van der Waals surface area contributed by atoms with E-state index in [-0.39, 0.29) is 5.78 Å². The zero-order valence-electron chi connectivity index (χ0n) is 16.7. The second kappa shape index (κ2) is 7.73. The summed E-state index contributed by atoms with van der Waals surface area (Å²) < 4.78 is 27.0. The van der Waals surface area contributed by atoms with Crippen molar-refractivity contribution in [2.24, 2.45) is 0 Å². The molecule has 7 nitrogen and oxygen atoms in total. The number of fused-ring (bicyclic) bond motifs is 3. The van der Waals surface area contributed by atoms with Crippen LogP contribution in [-0.4, -0.2) is 40.3 Å². The normalized spacial score (nSPS) is 12.9. The number of thioether (sulfide) groups is 1. The Balaban J connectivity index is 1.61. The number of nitrogens with zero attached hydrogens (tertiary/aromatic N) is 3. The zero-order chi connectivity index (χ0) is 21.5. The fraction of sp³-hybridized carbons (Fsp3) is 0.190. The molecule has 0 amide bonds. The third kappa shape index (κ3) is 4.03. The van der Waals surface area contributed by atoms with E-state index in [9.17, 15) is 13.2 Å². The van der Waals surface area contributed by atoms with E-state index in [2.05, 4.69) is 21.0 Å². The Morgan fingerprint density at radius 3 is 2.50 bits per heavy atom. The first-order valence-corrected chi connectivity index (χ1v) is 12.0. The maximum Gasteiger partial charge on any atom is 0.229 e. The lowest BCUT2D eigenvalue weighted by molar-refractivity contribution is 0.0994. The van der Waals surface area contributed by atoms with Gasteiger partial charge in [-0.1, -0.05) is 30.0 Å². The second-order valence-electron chi connectivity index (χ2n) is 7.10. The van der Waals surface area contributed by atoms with Crippen molar-refractivity contribution < 1.29 is 13.2 Å². The van der Waals surface area contributed by atoms with Crippen molar-refractivity contribution in [1.29, 1.82) is 0 Å². The summed E-state index contributed by atoms with van der Waals surface area (Å²) in [6.45, 7) is 3.87. The topological polar surface area (TPSA) is 93.4 Å². The van der Waals surface area contributed by atoms with Gasteiger partial charge in [-0.05, 0) is 55.8 Å². The predicted octanol–water partition coefficient (Wildman–Crippen LogP) is 3.93. The van der Waals surface area contributed by atoms with Crippen molar-refractivity contribution in [3.05, 3.63) is 65.7 Å². The molecule has 0 spiro atoms. The number of carbonyl (C=O) groups excluding carboxylic acids is 1. The van der Waals surface area contributed by atoms with Gasteiger partial charge in [0, 0.05) is 16.6 Å². The average molecular weight is 441 g/mol. The molecule has 0 saturated heterocycles. The van der Waals surface area contributed by atoms with E-state index >= 15 is 0 Å². The number of Topliss-reactive ketones (excluding diaryl/α,β-unsaturated/α-hetero) is 1. The summed E-state index contributed by atoms with van der Waals surface area (Å²) in [7, 11) is -3.36. The molecule has 1 unspecified atom stereocenters. The maximum absolute atomic E-state index is 12.9. The minimum atomic E-state index is -3.36. The molecule has 1 N–H and O–H groups in total. The Hall–Kier alpha value is -2.91. The molecule has 154 valence electrons. The molecule has 0 saturated carbocycles. The molecular weight excluding hydrogens is 420 g/mol. The van der Waals surface area contributed by atoms with E-state index in [1.807, 2.05) is 42.5 Å². The van der Waals surface area contributed by atoms with E-state index in [4.69, 9.17) is 0 Å². The van der Waals surface area contributed by atoms with Crippen molar-refractivity contribution in [3.63, 3.8) is 0 Å². The van der Waals surface area contributed by atoms with E-state index < -0.39 is 15.3 Å². The van der Waals surface area contributed by atoms with Gasteiger partial charge in [-0.3, -0.25) is 13.9 Å². The van der Waals surface area contributed by atoms with E-state index in [0.29, 0.717) is 16.4 Å². The summed E-state index contributed by atoms with van der Waals surface area (Å²) in [5, 5.41) is 9.94. The predicted molar refractivity (Wildman–Crippen MR) is 120 cm³/mol. The number of rotatable bonds is 6. The lowest BCUT2D eigenvalue weighted by Crippen LogP contribution is -2.14. The van der Waals surface area contributed by atoms with Crippen molar-refractivity contribution in [2.45, 2.75) is 24.3 Å². The Morgan fingerprint density at radius 1 is 1.10 bits per heavy atom. The van der Waals surface area contributed by atoms with E-state index in [1.165, 1.54) is 11.8 Å². The number of carbonyl (C=O) groups is 1. The number of aryl methyl sites for hydroxylation is 1. The monoisotopic (exact) mass is 440 g/mol. The number of nitrogens with one attached hydrogen (secondary N) is 1. The van der Waals surface area contributed by atoms with Crippen LogP contribution in [0.2, 0.25) is 0 Å². The quantitative estimate of drug-likeness (QED) is 0.361.